The summed E-state index contributed by atoms with van der Waals surface area (Å²) < 4.78 is 0. The molecule has 0 amide bonds. The molecule has 0 radical (unpaired) electrons. The van der Waals surface area contributed by atoms with Gasteiger partial charge in [0.15, 0.2) is 0 Å². The second-order valence-corrected chi connectivity index (χ2v) is 6.31. The number of benzene rings is 1. The van der Waals surface area contributed by atoms with Gasteiger partial charge in [0, 0.05) is 0 Å². The van der Waals surface area contributed by atoms with E-state index < -0.39 is 0 Å². The molecule has 0 spiro atoms. The third-order valence-electron chi connectivity index (χ3n) is 4.69. The van der Waals surface area contributed by atoms with Gasteiger partial charge >= 0.3 is 0 Å². The Bertz CT molecular complexity index is 391. The maximum Gasteiger partial charge on any atom is -0.0162 e. The molecule has 1 saturated carbocycles. The minimum absolute atomic E-state index is 0.812. The van der Waals surface area contributed by atoms with Crippen molar-refractivity contribution >= 4 is 0 Å². The quantitative estimate of drug-likeness (QED) is 0.577. The fourth-order valence-corrected chi connectivity index (χ4v) is 3.26. The molecule has 1 aromatic rings. The maximum atomic E-state index is 4.02. The molecule has 0 heteroatoms. The van der Waals surface area contributed by atoms with Crippen LogP contribution in [0.1, 0.15) is 69.4 Å². The Balaban J connectivity index is 1.83. The minimum atomic E-state index is 0.812. The highest BCUT2D eigenvalue weighted by atomic mass is 14.3. The summed E-state index contributed by atoms with van der Waals surface area (Å²) in [6, 6.07) is 9.33. The van der Waals surface area contributed by atoms with Crippen LogP contribution in [0.5, 0.6) is 0 Å². The number of rotatable bonds is 5. The van der Waals surface area contributed by atoms with E-state index in [1.54, 1.807) is 5.56 Å². The van der Waals surface area contributed by atoms with Gasteiger partial charge in [-0.25, -0.2) is 0 Å². The second kappa shape index (κ2) is 6.93. The molecule has 1 aliphatic rings. The lowest BCUT2D eigenvalue weighted by Gasteiger charge is -2.29. The molecule has 1 aliphatic carbocycles. The fraction of sp³-hybridized carbons (Fsp3) is 0.579. The molecule has 0 aromatic heterocycles. The van der Waals surface area contributed by atoms with Crippen LogP contribution in [0.4, 0.5) is 0 Å². The van der Waals surface area contributed by atoms with Crippen LogP contribution < -0.4 is 0 Å². The van der Waals surface area contributed by atoms with Gasteiger partial charge in [0.2, 0.25) is 0 Å². The monoisotopic (exact) mass is 256 g/mol. The highest BCUT2D eigenvalue weighted by Gasteiger charge is 2.21. The van der Waals surface area contributed by atoms with Gasteiger partial charge in [0.1, 0.15) is 0 Å². The zero-order valence-corrected chi connectivity index (χ0v) is 12.6. The van der Waals surface area contributed by atoms with Crippen LogP contribution in [-0.4, -0.2) is 0 Å². The molecule has 104 valence electrons. The molecule has 0 saturated heterocycles. The molecule has 0 atom stereocenters. The largest absolute Gasteiger partial charge is 0.100 e. The van der Waals surface area contributed by atoms with Crippen LogP contribution in [0.3, 0.4) is 0 Å². The van der Waals surface area contributed by atoms with Gasteiger partial charge in [-0.3, -0.25) is 0 Å². The van der Waals surface area contributed by atoms with E-state index in [9.17, 15) is 0 Å². The summed E-state index contributed by atoms with van der Waals surface area (Å²) in [5, 5.41) is 0. The Kier molecular flexibility index (Phi) is 5.24. The lowest BCUT2D eigenvalue weighted by Crippen LogP contribution is -2.13. The average molecular weight is 256 g/mol. The first kappa shape index (κ1) is 14.4. The molecule has 0 aliphatic heterocycles. The van der Waals surface area contributed by atoms with Crippen molar-refractivity contribution < 1.29 is 0 Å². The molecule has 0 N–H and O–H groups in total. The Morgan fingerprint density at radius 2 is 1.74 bits per heavy atom. The predicted octanol–water partition coefficient (Wildman–Crippen LogP) is 5.88. The summed E-state index contributed by atoms with van der Waals surface area (Å²) in [5.74, 6) is 1.76. The van der Waals surface area contributed by atoms with E-state index in [0.717, 1.165) is 18.3 Å². The van der Waals surface area contributed by atoms with Gasteiger partial charge in [-0.1, -0.05) is 36.8 Å². The van der Waals surface area contributed by atoms with Gasteiger partial charge in [-0.15, -0.1) is 6.58 Å². The van der Waals surface area contributed by atoms with Crippen molar-refractivity contribution in [2.24, 2.45) is 5.92 Å². The first-order valence-corrected chi connectivity index (χ1v) is 7.92. The van der Waals surface area contributed by atoms with Crippen LogP contribution >= 0.6 is 0 Å². The summed E-state index contributed by atoms with van der Waals surface area (Å²) in [6.07, 6.45) is 9.31. The van der Waals surface area contributed by atoms with Crippen LogP contribution in [-0.2, 0) is 6.42 Å². The standard InChI is InChI=1S/C19H28/c1-4-16-7-11-18(12-8-16)19-13-9-17(10-14-19)6-5-15(2)3/h7-8,11-12,17,19H,2,4-6,9-10,13-14H2,1,3H3. The lowest BCUT2D eigenvalue weighted by molar-refractivity contribution is 0.310. The van der Waals surface area contributed by atoms with Crippen molar-refractivity contribution in [2.75, 3.05) is 0 Å². The Morgan fingerprint density at radius 1 is 1.11 bits per heavy atom. The van der Waals surface area contributed by atoms with Crippen LogP contribution in [0, 0.1) is 5.92 Å². The highest BCUT2D eigenvalue weighted by Crippen LogP contribution is 2.37. The summed E-state index contributed by atoms with van der Waals surface area (Å²) in [6.45, 7) is 8.40. The number of hydrogen-bond donors (Lipinski definition) is 0. The smallest absolute Gasteiger partial charge is 0.0162 e. The third kappa shape index (κ3) is 4.23. The molecule has 2 rings (SSSR count). The SMILES string of the molecule is C=C(C)CCC1CCC(c2ccc(CC)cc2)CC1. The van der Waals surface area contributed by atoms with Gasteiger partial charge in [-0.2, -0.15) is 0 Å². The fourth-order valence-electron chi connectivity index (χ4n) is 3.26. The van der Waals surface area contributed by atoms with Gasteiger partial charge < -0.3 is 0 Å². The molecule has 0 bridgehead atoms. The molecular weight excluding hydrogens is 228 g/mol. The third-order valence-corrected chi connectivity index (χ3v) is 4.69. The number of aryl methyl sites for hydroxylation is 1. The second-order valence-electron chi connectivity index (χ2n) is 6.31. The zero-order chi connectivity index (χ0) is 13.7. The van der Waals surface area contributed by atoms with E-state index in [4.69, 9.17) is 0 Å². The minimum Gasteiger partial charge on any atom is -0.100 e. The molecule has 0 heterocycles. The molecular formula is C19H28. The number of hydrogen-bond acceptors (Lipinski definition) is 0. The Morgan fingerprint density at radius 3 is 2.26 bits per heavy atom. The molecule has 1 aromatic carbocycles. The van der Waals surface area contributed by atoms with Crippen molar-refractivity contribution in [2.45, 2.75) is 64.7 Å². The van der Waals surface area contributed by atoms with Crippen molar-refractivity contribution in [3.63, 3.8) is 0 Å². The molecule has 1 fully saturated rings. The van der Waals surface area contributed by atoms with E-state index in [1.165, 1.54) is 49.7 Å². The molecule has 0 unspecified atom stereocenters. The topological polar surface area (TPSA) is 0 Å². The van der Waals surface area contributed by atoms with Gasteiger partial charge in [0.25, 0.3) is 0 Å². The maximum absolute atomic E-state index is 4.02. The lowest BCUT2D eigenvalue weighted by atomic mass is 9.77. The van der Waals surface area contributed by atoms with Crippen LogP contribution in [0.25, 0.3) is 0 Å². The average Bonchev–Trinajstić information content (AvgIpc) is 2.46. The van der Waals surface area contributed by atoms with Crippen molar-refractivity contribution in [3.05, 3.63) is 47.5 Å². The Labute approximate surface area is 118 Å². The first-order valence-electron chi connectivity index (χ1n) is 7.92. The zero-order valence-electron chi connectivity index (χ0n) is 12.6. The Hall–Kier alpha value is -1.04. The van der Waals surface area contributed by atoms with Gasteiger partial charge in [-0.05, 0) is 74.8 Å². The summed E-state index contributed by atoms with van der Waals surface area (Å²) in [5.41, 5.74) is 4.37. The van der Waals surface area contributed by atoms with E-state index in [-0.39, 0.29) is 0 Å². The van der Waals surface area contributed by atoms with Crippen molar-refractivity contribution in [3.8, 4) is 0 Å². The van der Waals surface area contributed by atoms with E-state index in [2.05, 4.69) is 44.7 Å². The van der Waals surface area contributed by atoms with Crippen molar-refractivity contribution in [1.82, 2.24) is 0 Å². The molecule has 19 heavy (non-hydrogen) atoms. The van der Waals surface area contributed by atoms with Crippen molar-refractivity contribution in [1.29, 1.82) is 0 Å². The van der Waals surface area contributed by atoms with Crippen LogP contribution in [0.2, 0.25) is 0 Å². The van der Waals surface area contributed by atoms with E-state index in [1.807, 2.05) is 0 Å². The summed E-state index contributed by atoms with van der Waals surface area (Å²) in [7, 11) is 0. The normalized spacial score (nSPS) is 23.3. The molecule has 0 nitrogen and oxygen atoms in total. The number of allylic oxidation sites excluding steroid dienone is 1. The van der Waals surface area contributed by atoms with Gasteiger partial charge in [0.05, 0.1) is 0 Å². The van der Waals surface area contributed by atoms with Crippen LogP contribution in [0.15, 0.2) is 36.4 Å². The highest BCUT2D eigenvalue weighted by molar-refractivity contribution is 5.25. The van der Waals surface area contributed by atoms with E-state index >= 15 is 0 Å². The first-order chi connectivity index (χ1) is 9.19. The summed E-state index contributed by atoms with van der Waals surface area (Å²) in [4.78, 5) is 0. The summed E-state index contributed by atoms with van der Waals surface area (Å²) >= 11 is 0. The predicted molar refractivity (Wildman–Crippen MR) is 84.6 cm³/mol. The van der Waals surface area contributed by atoms with E-state index in [0.29, 0.717) is 0 Å².